The first-order chi connectivity index (χ1) is 9.24. The van der Waals surface area contributed by atoms with Crippen molar-refractivity contribution in [2.75, 3.05) is 11.9 Å². The van der Waals surface area contributed by atoms with Crippen molar-refractivity contribution < 1.29 is 4.74 Å². The van der Waals surface area contributed by atoms with E-state index in [1.54, 1.807) is 0 Å². The number of hydrogen-bond donors (Lipinski definition) is 1. The number of benzene rings is 1. The summed E-state index contributed by atoms with van der Waals surface area (Å²) in [6.07, 6.45) is 1.95. The molecule has 2 rings (SSSR count). The molecule has 0 atom stereocenters. The summed E-state index contributed by atoms with van der Waals surface area (Å²) in [4.78, 5) is 0. The van der Waals surface area contributed by atoms with Crippen LogP contribution in [0, 0.1) is 11.3 Å². The zero-order valence-corrected chi connectivity index (χ0v) is 11.2. The molecule has 0 spiro atoms. The monoisotopic (exact) mass is 255 g/mol. The molecule has 98 valence electrons. The number of nitrogens with one attached hydrogen (secondary N) is 1. The van der Waals surface area contributed by atoms with Crippen LogP contribution in [0.15, 0.2) is 36.5 Å². The maximum Gasteiger partial charge on any atom is 0.142 e. The predicted molar refractivity (Wildman–Crippen MR) is 75.1 cm³/mol. The number of para-hydroxylation sites is 2. The van der Waals surface area contributed by atoms with Crippen molar-refractivity contribution in [3.05, 3.63) is 47.8 Å². The molecule has 4 nitrogen and oxygen atoms in total. The van der Waals surface area contributed by atoms with Gasteiger partial charge in [0, 0.05) is 19.8 Å². The molecule has 1 aromatic heterocycles. The van der Waals surface area contributed by atoms with Gasteiger partial charge in [-0.15, -0.1) is 0 Å². The predicted octanol–water partition coefficient (Wildman–Crippen LogP) is 2.91. The van der Waals surface area contributed by atoms with Gasteiger partial charge in [-0.3, -0.25) is 0 Å². The number of rotatable bonds is 5. The first kappa shape index (κ1) is 13.0. The standard InChI is InChI=1S/C15H17N3O/c1-3-19-15-7-5-4-6-14(15)17-10-12-8-13(9-16)18(2)11-12/h4-8,11,17H,3,10H2,1-2H3. The molecule has 4 heteroatoms. The van der Waals surface area contributed by atoms with Crippen LogP contribution in [-0.2, 0) is 13.6 Å². The Labute approximate surface area is 113 Å². The largest absolute Gasteiger partial charge is 0.492 e. The normalized spacial score (nSPS) is 9.95. The number of anilines is 1. The van der Waals surface area contributed by atoms with Gasteiger partial charge < -0.3 is 14.6 Å². The lowest BCUT2D eigenvalue weighted by atomic mass is 10.2. The SMILES string of the molecule is CCOc1ccccc1NCc1cc(C#N)n(C)c1. The van der Waals surface area contributed by atoms with E-state index in [0.29, 0.717) is 18.8 Å². The first-order valence-corrected chi connectivity index (χ1v) is 6.25. The topological polar surface area (TPSA) is 50.0 Å². The molecule has 0 aliphatic carbocycles. The minimum absolute atomic E-state index is 0.641. The van der Waals surface area contributed by atoms with Crippen molar-refractivity contribution in [3.8, 4) is 11.8 Å². The van der Waals surface area contributed by atoms with E-state index in [1.807, 2.05) is 55.1 Å². The Morgan fingerprint density at radius 3 is 2.84 bits per heavy atom. The van der Waals surface area contributed by atoms with Gasteiger partial charge in [-0.2, -0.15) is 5.26 Å². The van der Waals surface area contributed by atoms with Crippen molar-refractivity contribution in [2.45, 2.75) is 13.5 Å². The molecule has 0 unspecified atom stereocenters. The Morgan fingerprint density at radius 2 is 2.16 bits per heavy atom. The van der Waals surface area contributed by atoms with Crippen molar-refractivity contribution in [3.63, 3.8) is 0 Å². The smallest absolute Gasteiger partial charge is 0.142 e. The number of nitriles is 1. The molecule has 0 fully saturated rings. The van der Waals surface area contributed by atoms with E-state index in [1.165, 1.54) is 0 Å². The third kappa shape index (κ3) is 3.08. The summed E-state index contributed by atoms with van der Waals surface area (Å²) in [5.74, 6) is 0.849. The lowest BCUT2D eigenvalue weighted by Gasteiger charge is -2.11. The maximum atomic E-state index is 8.92. The number of ether oxygens (including phenoxy) is 1. The van der Waals surface area contributed by atoms with Gasteiger partial charge in [0.1, 0.15) is 17.5 Å². The average Bonchev–Trinajstić information content (AvgIpc) is 2.78. The van der Waals surface area contributed by atoms with Crippen LogP contribution in [0.5, 0.6) is 5.75 Å². The number of aryl methyl sites for hydroxylation is 1. The fourth-order valence-corrected chi connectivity index (χ4v) is 1.93. The minimum Gasteiger partial charge on any atom is -0.492 e. The molecule has 0 radical (unpaired) electrons. The Morgan fingerprint density at radius 1 is 1.37 bits per heavy atom. The molecule has 0 saturated carbocycles. The Bertz CT molecular complexity index is 596. The van der Waals surface area contributed by atoms with E-state index in [0.717, 1.165) is 17.0 Å². The molecule has 1 N–H and O–H groups in total. The summed E-state index contributed by atoms with van der Waals surface area (Å²) in [6.45, 7) is 3.27. The summed E-state index contributed by atoms with van der Waals surface area (Å²) in [5.41, 5.74) is 2.70. The van der Waals surface area contributed by atoms with Gasteiger partial charge in [0.05, 0.1) is 12.3 Å². The van der Waals surface area contributed by atoms with E-state index in [2.05, 4.69) is 11.4 Å². The van der Waals surface area contributed by atoms with Gasteiger partial charge in [-0.1, -0.05) is 12.1 Å². The molecule has 2 aromatic rings. The van der Waals surface area contributed by atoms with Crippen LogP contribution in [0.3, 0.4) is 0 Å². The summed E-state index contributed by atoms with van der Waals surface area (Å²) in [7, 11) is 1.87. The van der Waals surface area contributed by atoms with E-state index in [9.17, 15) is 0 Å². The summed E-state index contributed by atoms with van der Waals surface area (Å²) >= 11 is 0. The molecule has 0 bridgehead atoms. The second-order valence-electron chi connectivity index (χ2n) is 4.24. The van der Waals surface area contributed by atoms with Crippen LogP contribution < -0.4 is 10.1 Å². The summed E-state index contributed by atoms with van der Waals surface area (Å²) in [5, 5.41) is 12.3. The summed E-state index contributed by atoms with van der Waals surface area (Å²) in [6, 6.07) is 11.9. The highest BCUT2D eigenvalue weighted by Gasteiger charge is 2.04. The van der Waals surface area contributed by atoms with E-state index < -0.39 is 0 Å². The first-order valence-electron chi connectivity index (χ1n) is 6.25. The Kier molecular flexibility index (Phi) is 4.09. The van der Waals surface area contributed by atoms with Gasteiger partial charge in [0.2, 0.25) is 0 Å². The van der Waals surface area contributed by atoms with Crippen LogP contribution in [0.4, 0.5) is 5.69 Å². The second-order valence-corrected chi connectivity index (χ2v) is 4.24. The van der Waals surface area contributed by atoms with Crippen molar-refractivity contribution in [1.82, 2.24) is 4.57 Å². The molecule has 1 heterocycles. The van der Waals surface area contributed by atoms with Crippen molar-refractivity contribution in [1.29, 1.82) is 5.26 Å². The van der Waals surface area contributed by atoms with Crippen LogP contribution in [0.1, 0.15) is 18.2 Å². The highest BCUT2D eigenvalue weighted by atomic mass is 16.5. The molecule has 0 aliphatic heterocycles. The van der Waals surface area contributed by atoms with Crippen molar-refractivity contribution >= 4 is 5.69 Å². The lowest BCUT2D eigenvalue weighted by Crippen LogP contribution is -2.02. The highest BCUT2D eigenvalue weighted by molar-refractivity contribution is 5.56. The fourth-order valence-electron chi connectivity index (χ4n) is 1.93. The van der Waals surface area contributed by atoms with Gasteiger partial charge in [0.15, 0.2) is 0 Å². The molecular formula is C15H17N3O. The van der Waals surface area contributed by atoms with Crippen LogP contribution in [0.2, 0.25) is 0 Å². The molecule has 0 saturated heterocycles. The third-order valence-corrected chi connectivity index (χ3v) is 2.85. The average molecular weight is 255 g/mol. The van der Waals surface area contributed by atoms with Gasteiger partial charge in [-0.05, 0) is 30.7 Å². The molecule has 0 amide bonds. The quantitative estimate of drug-likeness (QED) is 0.893. The van der Waals surface area contributed by atoms with Crippen LogP contribution in [-0.4, -0.2) is 11.2 Å². The molecule has 1 aromatic carbocycles. The van der Waals surface area contributed by atoms with Gasteiger partial charge in [-0.25, -0.2) is 0 Å². The minimum atomic E-state index is 0.641. The van der Waals surface area contributed by atoms with Crippen LogP contribution >= 0.6 is 0 Å². The molecule has 0 aliphatic rings. The van der Waals surface area contributed by atoms with E-state index in [4.69, 9.17) is 10.00 Å². The molecular weight excluding hydrogens is 238 g/mol. The Hall–Kier alpha value is -2.41. The van der Waals surface area contributed by atoms with Gasteiger partial charge in [0.25, 0.3) is 0 Å². The zero-order chi connectivity index (χ0) is 13.7. The zero-order valence-electron chi connectivity index (χ0n) is 11.2. The number of aromatic nitrogens is 1. The number of hydrogen-bond acceptors (Lipinski definition) is 3. The second kappa shape index (κ2) is 5.96. The number of nitrogens with zero attached hydrogens (tertiary/aromatic N) is 2. The Balaban J connectivity index is 2.08. The van der Waals surface area contributed by atoms with E-state index >= 15 is 0 Å². The lowest BCUT2D eigenvalue weighted by molar-refractivity contribution is 0.341. The molecule has 19 heavy (non-hydrogen) atoms. The third-order valence-electron chi connectivity index (χ3n) is 2.85. The fraction of sp³-hybridized carbons (Fsp3) is 0.267. The van der Waals surface area contributed by atoms with E-state index in [-0.39, 0.29) is 0 Å². The van der Waals surface area contributed by atoms with Gasteiger partial charge >= 0.3 is 0 Å². The van der Waals surface area contributed by atoms with Crippen molar-refractivity contribution in [2.24, 2.45) is 7.05 Å². The maximum absolute atomic E-state index is 8.92. The highest BCUT2D eigenvalue weighted by Crippen LogP contribution is 2.24. The summed E-state index contributed by atoms with van der Waals surface area (Å²) < 4.78 is 7.38. The van der Waals surface area contributed by atoms with Crippen LogP contribution in [0.25, 0.3) is 0 Å².